The molecule has 4 bridgehead atoms. The maximum atomic E-state index is 12.6. The molecule has 5 heteroatoms. The van der Waals surface area contributed by atoms with Gasteiger partial charge in [-0.25, -0.2) is 0 Å². The molecule has 4 aliphatic carbocycles. The van der Waals surface area contributed by atoms with Crippen LogP contribution in [-0.2, 0) is 14.3 Å². The van der Waals surface area contributed by atoms with Gasteiger partial charge >= 0.3 is 5.97 Å². The SMILES string of the molecule is CCNC(=O)[C@H](C)OC(=O)C12C[C@H]3C[C@@H](CC(O)(C3)C1)C2. The first-order valence-corrected chi connectivity index (χ1v) is 8.07. The van der Waals surface area contributed by atoms with E-state index in [1.807, 2.05) is 6.92 Å². The van der Waals surface area contributed by atoms with Gasteiger partial charge in [0.25, 0.3) is 5.91 Å². The summed E-state index contributed by atoms with van der Waals surface area (Å²) in [5, 5.41) is 13.3. The van der Waals surface area contributed by atoms with Gasteiger partial charge in [-0.3, -0.25) is 9.59 Å². The molecule has 0 aliphatic heterocycles. The van der Waals surface area contributed by atoms with E-state index in [4.69, 9.17) is 4.74 Å². The van der Waals surface area contributed by atoms with E-state index >= 15 is 0 Å². The van der Waals surface area contributed by atoms with Crippen molar-refractivity contribution >= 4 is 11.9 Å². The molecule has 5 nitrogen and oxygen atoms in total. The molecule has 0 aromatic rings. The summed E-state index contributed by atoms with van der Waals surface area (Å²) in [6, 6.07) is 0. The van der Waals surface area contributed by atoms with Crippen LogP contribution >= 0.6 is 0 Å². The molecular weight excluding hydrogens is 270 g/mol. The number of nitrogens with one attached hydrogen (secondary N) is 1. The Kier molecular flexibility index (Phi) is 3.51. The molecule has 1 amide bonds. The zero-order valence-corrected chi connectivity index (χ0v) is 12.9. The molecule has 0 radical (unpaired) electrons. The van der Waals surface area contributed by atoms with Crippen LogP contribution in [0, 0.1) is 17.3 Å². The number of likely N-dealkylation sites (N-methyl/N-ethyl adjacent to an activating group) is 1. The second kappa shape index (κ2) is 4.97. The highest BCUT2D eigenvalue weighted by Gasteiger charge is 2.61. The van der Waals surface area contributed by atoms with Crippen LogP contribution < -0.4 is 5.32 Å². The van der Waals surface area contributed by atoms with Crippen LogP contribution in [0.4, 0.5) is 0 Å². The monoisotopic (exact) mass is 295 g/mol. The lowest BCUT2D eigenvalue weighted by Gasteiger charge is -2.58. The zero-order chi connectivity index (χ0) is 15.3. The van der Waals surface area contributed by atoms with E-state index in [0.29, 0.717) is 24.8 Å². The van der Waals surface area contributed by atoms with Crippen molar-refractivity contribution in [2.75, 3.05) is 6.54 Å². The van der Waals surface area contributed by atoms with Gasteiger partial charge in [0.05, 0.1) is 11.0 Å². The molecule has 0 aromatic heterocycles. The highest BCUT2D eigenvalue weighted by Crippen LogP contribution is 2.62. The quantitative estimate of drug-likeness (QED) is 0.768. The number of hydrogen-bond acceptors (Lipinski definition) is 4. The molecule has 0 unspecified atom stereocenters. The van der Waals surface area contributed by atoms with Crippen molar-refractivity contribution in [3.63, 3.8) is 0 Å². The fourth-order valence-corrected chi connectivity index (χ4v) is 5.11. The summed E-state index contributed by atoms with van der Waals surface area (Å²) >= 11 is 0. The summed E-state index contributed by atoms with van der Waals surface area (Å²) in [6.45, 7) is 3.97. The Morgan fingerprint density at radius 1 is 1.29 bits per heavy atom. The minimum atomic E-state index is -0.764. The van der Waals surface area contributed by atoms with E-state index in [0.717, 1.165) is 32.1 Å². The van der Waals surface area contributed by atoms with Gasteiger partial charge in [-0.15, -0.1) is 0 Å². The molecule has 4 aliphatic rings. The molecule has 4 rings (SSSR count). The van der Waals surface area contributed by atoms with Crippen molar-refractivity contribution in [2.45, 2.75) is 64.1 Å². The van der Waals surface area contributed by atoms with Gasteiger partial charge in [-0.05, 0) is 64.2 Å². The van der Waals surface area contributed by atoms with Gasteiger partial charge in [0.15, 0.2) is 6.10 Å². The molecule has 118 valence electrons. The summed E-state index contributed by atoms with van der Waals surface area (Å²) in [7, 11) is 0. The fourth-order valence-electron chi connectivity index (χ4n) is 5.11. The van der Waals surface area contributed by atoms with Gasteiger partial charge in [0.2, 0.25) is 0 Å². The van der Waals surface area contributed by atoms with E-state index in [2.05, 4.69) is 5.32 Å². The van der Waals surface area contributed by atoms with Crippen LogP contribution in [-0.4, -0.2) is 35.2 Å². The van der Waals surface area contributed by atoms with Crippen molar-refractivity contribution in [1.82, 2.24) is 5.32 Å². The summed E-state index contributed by atoms with van der Waals surface area (Å²) in [4.78, 5) is 24.4. The molecule has 21 heavy (non-hydrogen) atoms. The number of hydrogen-bond donors (Lipinski definition) is 2. The second-order valence-corrected chi connectivity index (χ2v) is 7.41. The lowest BCUT2D eigenvalue weighted by Crippen LogP contribution is -2.59. The molecule has 0 aromatic carbocycles. The minimum absolute atomic E-state index is 0.255. The highest BCUT2D eigenvalue weighted by atomic mass is 16.5. The van der Waals surface area contributed by atoms with E-state index in [1.54, 1.807) is 6.92 Å². The first-order valence-electron chi connectivity index (χ1n) is 8.07. The predicted octanol–water partition coefficient (Wildman–Crippen LogP) is 1.39. The zero-order valence-electron chi connectivity index (χ0n) is 12.9. The van der Waals surface area contributed by atoms with Gasteiger partial charge < -0.3 is 15.2 Å². The van der Waals surface area contributed by atoms with E-state index in [1.165, 1.54) is 0 Å². The Bertz CT molecular complexity index is 447. The first kappa shape index (κ1) is 14.8. The summed E-state index contributed by atoms with van der Waals surface area (Å²) in [5.74, 6) is 0.329. The number of rotatable bonds is 4. The van der Waals surface area contributed by atoms with Gasteiger partial charge in [0.1, 0.15) is 0 Å². The number of ether oxygens (including phenoxy) is 1. The predicted molar refractivity (Wildman–Crippen MR) is 76.3 cm³/mol. The number of carbonyl (C=O) groups is 2. The third-order valence-electron chi connectivity index (χ3n) is 5.47. The van der Waals surface area contributed by atoms with Crippen LogP contribution in [0.5, 0.6) is 0 Å². The Balaban J connectivity index is 1.71. The maximum Gasteiger partial charge on any atom is 0.312 e. The van der Waals surface area contributed by atoms with Crippen molar-refractivity contribution in [3.8, 4) is 0 Å². The Morgan fingerprint density at radius 3 is 2.43 bits per heavy atom. The molecule has 3 atom stereocenters. The lowest BCUT2D eigenvalue weighted by atomic mass is 9.48. The average molecular weight is 295 g/mol. The number of esters is 1. The first-order chi connectivity index (χ1) is 9.86. The van der Waals surface area contributed by atoms with E-state index in [-0.39, 0.29) is 11.9 Å². The smallest absolute Gasteiger partial charge is 0.312 e. The number of aliphatic hydroxyl groups is 1. The second-order valence-electron chi connectivity index (χ2n) is 7.41. The minimum Gasteiger partial charge on any atom is -0.452 e. The normalized spacial score (nSPS) is 41.7. The molecular formula is C16H25NO4. The van der Waals surface area contributed by atoms with E-state index in [9.17, 15) is 14.7 Å². The number of amides is 1. The Hall–Kier alpha value is -1.10. The van der Waals surface area contributed by atoms with Crippen LogP contribution in [0.2, 0.25) is 0 Å². The third kappa shape index (κ3) is 2.56. The van der Waals surface area contributed by atoms with Gasteiger partial charge in [0, 0.05) is 6.54 Å². The summed E-state index contributed by atoms with van der Waals surface area (Å²) in [6.07, 6.45) is 4.14. The third-order valence-corrected chi connectivity index (χ3v) is 5.47. The van der Waals surface area contributed by atoms with Crippen molar-refractivity contribution < 1.29 is 19.4 Å². The van der Waals surface area contributed by atoms with Gasteiger partial charge in [-0.2, -0.15) is 0 Å². The van der Waals surface area contributed by atoms with Crippen LogP contribution in [0.3, 0.4) is 0 Å². The average Bonchev–Trinajstić information content (AvgIpc) is 2.35. The molecule has 4 saturated carbocycles. The fraction of sp³-hybridized carbons (Fsp3) is 0.875. The van der Waals surface area contributed by atoms with Crippen LogP contribution in [0.1, 0.15) is 52.4 Å². The largest absolute Gasteiger partial charge is 0.452 e. The van der Waals surface area contributed by atoms with Crippen LogP contribution in [0.25, 0.3) is 0 Å². The summed E-state index contributed by atoms with van der Waals surface area (Å²) in [5.41, 5.74) is -1.24. The Morgan fingerprint density at radius 2 is 1.90 bits per heavy atom. The molecule has 2 N–H and O–H groups in total. The highest BCUT2D eigenvalue weighted by molar-refractivity contribution is 5.85. The summed E-state index contributed by atoms with van der Waals surface area (Å²) < 4.78 is 5.43. The van der Waals surface area contributed by atoms with Gasteiger partial charge in [-0.1, -0.05) is 0 Å². The van der Waals surface area contributed by atoms with E-state index < -0.39 is 17.1 Å². The van der Waals surface area contributed by atoms with Crippen LogP contribution in [0.15, 0.2) is 0 Å². The lowest BCUT2D eigenvalue weighted by molar-refractivity contribution is -0.199. The topological polar surface area (TPSA) is 75.6 Å². The molecule has 0 spiro atoms. The van der Waals surface area contributed by atoms with Crippen molar-refractivity contribution in [3.05, 3.63) is 0 Å². The maximum absolute atomic E-state index is 12.6. The molecule has 0 saturated heterocycles. The molecule has 4 fully saturated rings. The van der Waals surface area contributed by atoms with Crippen molar-refractivity contribution in [1.29, 1.82) is 0 Å². The number of carbonyl (C=O) groups excluding carboxylic acids is 2. The molecule has 0 heterocycles. The Labute approximate surface area is 125 Å². The standard InChI is InChI=1S/C16H25NO4/c1-3-17-13(18)10(2)21-14(19)15-5-11-4-12(6-15)8-16(20,7-11)9-15/h10-12,20H,3-9H2,1-2H3,(H,17,18)/t10-,11+,12+,15?,16?/m0/s1. The van der Waals surface area contributed by atoms with Crippen molar-refractivity contribution in [2.24, 2.45) is 17.3 Å².